The largest absolute Gasteiger partial charge is 1.00 e. The van der Waals surface area contributed by atoms with E-state index in [0.717, 1.165) is 0 Å². The first-order valence-electron chi connectivity index (χ1n) is 11.6. The molecular weight excluding hydrogens is 510 g/mol. The van der Waals surface area contributed by atoms with E-state index in [1.165, 1.54) is 24.0 Å². The molecule has 0 N–H and O–H groups in total. The number of rotatable bonds is 6. The van der Waals surface area contributed by atoms with Crippen molar-refractivity contribution < 1.29 is 46.1 Å². The third-order valence-electron chi connectivity index (χ3n) is 6.52. The molecule has 2 aromatic carbocycles. The van der Waals surface area contributed by atoms with Gasteiger partial charge in [0.25, 0.3) is 0 Å². The molecule has 32 heavy (non-hydrogen) atoms. The van der Waals surface area contributed by atoms with E-state index in [0.29, 0.717) is 19.1 Å². The zero-order chi connectivity index (χ0) is 21.4. The normalized spacial score (nSPS) is 18.1. The van der Waals surface area contributed by atoms with Gasteiger partial charge in [0.2, 0.25) is 0 Å². The second-order valence-corrected chi connectivity index (χ2v) is 17.7. The Kier molecular flexibility index (Phi) is 9.96. The summed E-state index contributed by atoms with van der Waals surface area (Å²) in [6.07, 6.45) is 7.56. The molecule has 2 unspecified atom stereocenters. The fourth-order valence-electron chi connectivity index (χ4n) is 5.55. The van der Waals surface area contributed by atoms with E-state index in [1.54, 1.807) is 25.5 Å². The summed E-state index contributed by atoms with van der Waals surface area (Å²) in [6, 6.07) is 18.5. The van der Waals surface area contributed by atoms with Crippen LogP contribution in [0.3, 0.4) is 0 Å². The van der Waals surface area contributed by atoms with Crippen LogP contribution in [0.25, 0.3) is 12.2 Å². The zero-order valence-electron chi connectivity index (χ0n) is 20.3. The molecule has 0 radical (unpaired) electrons. The fraction of sp³-hybridized carbons (Fsp3) is 0.414. The van der Waals surface area contributed by atoms with Crippen molar-refractivity contribution in [3.63, 3.8) is 0 Å². The van der Waals surface area contributed by atoms with E-state index in [4.69, 9.17) is 0 Å². The number of allylic oxidation sites excluding steroid dienone is 2. The van der Waals surface area contributed by atoms with Gasteiger partial charge in [-0.05, 0) is 0 Å². The Morgan fingerprint density at radius 2 is 1.06 bits per heavy atom. The molecule has 3 heteroatoms. The van der Waals surface area contributed by atoms with Gasteiger partial charge < -0.3 is 24.8 Å². The molecule has 0 aromatic heterocycles. The topological polar surface area (TPSA) is 0 Å². The summed E-state index contributed by atoms with van der Waals surface area (Å²) in [6.45, 7) is 14.4. The number of halogens is 2. The summed E-state index contributed by atoms with van der Waals surface area (Å²) >= 11 is -2.11. The van der Waals surface area contributed by atoms with E-state index in [-0.39, 0.29) is 24.8 Å². The van der Waals surface area contributed by atoms with E-state index in [9.17, 15) is 0 Å². The number of benzene rings is 2. The molecule has 0 fully saturated rings. The smallest absolute Gasteiger partial charge is 1.00 e. The summed E-state index contributed by atoms with van der Waals surface area (Å²) in [7, 11) is 0. The van der Waals surface area contributed by atoms with Gasteiger partial charge in [-0.2, -0.15) is 0 Å². The predicted molar refractivity (Wildman–Crippen MR) is 130 cm³/mol. The van der Waals surface area contributed by atoms with Crippen LogP contribution in [0, 0.1) is 11.8 Å². The molecule has 2 aliphatic carbocycles. The second kappa shape index (κ2) is 11.6. The Hall–Kier alpha value is -0.747. The van der Waals surface area contributed by atoms with Gasteiger partial charge in [0.1, 0.15) is 0 Å². The molecule has 2 aromatic rings. The van der Waals surface area contributed by atoms with Crippen LogP contribution in [0.15, 0.2) is 59.7 Å². The average molecular weight is 547 g/mol. The van der Waals surface area contributed by atoms with Gasteiger partial charge in [-0.25, -0.2) is 0 Å². The van der Waals surface area contributed by atoms with Crippen LogP contribution in [0.2, 0.25) is 0 Å². The maximum atomic E-state index is 2.55. The molecule has 0 amide bonds. The molecule has 0 heterocycles. The minimum atomic E-state index is -2.11. The molecule has 4 rings (SSSR count). The van der Waals surface area contributed by atoms with Crippen molar-refractivity contribution in [1.29, 1.82) is 0 Å². The molecule has 2 aliphatic rings. The molecule has 0 bridgehead atoms. The number of hydrogen-bond donors (Lipinski definition) is 0. The molecule has 0 saturated heterocycles. The second-order valence-electron chi connectivity index (χ2n) is 10.2. The van der Waals surface area contributed by atoms with Gasteiger partial charge in [0.15, 0.2) is 0 Å². The Morgan fingerprint density at radius 1 is 0.688 bits per heavy atom. The first kappa shape index (κ1) is 27.5. The van der Waals surface area contributed by atoms with Gasteiger partial charge in [-0.1, -0.05) is 0 Å². The van der Waals surface area contributed by atoms with Crippen molar-refractivity contribution in [3.05, 3.63) is 81.9 Å². The minimum absolute atomic E-state index is 0. The standard InChI is InChI=1S/2C13H15.C3H6.2ClH.Zr/c2*1-10(2)7-11-8-12-5-3-4-6-13(12)9-11;1-3-2;;;/h2*3-6,8-10H,7H2,1-2H3;1-2H3;2*1H;/q;;;;;+2/p-2. The predicted octanol–water partition coefficient (Wildman–Crippen LogP) is 2.19. The average Bonchev–Trinajstić information content (AvgIpc) is 3.20. The van der Waals surface area contributed by atoms with E-state index in [1.807, 2.05) is 0 Å². The molecule has 2 atom stereocenters. The molecule has 0 nitrogen and oxygen atoms in total. The molecule has 170 valence electrons. The van der Waals surface area contributed by atoms with Crippen LogP contribution >= 0.6 is 0 Å². The number of fused-ring (bicyclic) bond motifs is 2. The quantitative estimate of drug-likeness (QED) is 0.521. The van der Waals surface area contributed by atoms with Crippen molar-refractivity contribution in [2.24, 2.45) is 11.8 Å². The summed E-state index contributed by atoms with van der Waals surface area (Å²) in [5.41, 5.74) is 9.65. The molecular formula is C29H36Cl2Zr. The van der Waals surface area contributed by atoms with Gasteiger partial charge in [0.05, 0.1) is 0 Å². The summed E-state index contributed by atoms with van der Waals surface area (Å²) in [4.78, 5) is 0. The Balaban J connectivity index is 0.00000181. The van der Waals surface area contributed by atoms with E-state index < -0.39 is 21.3 Å². The molecule has 0 aliphatic heterocycles. The van der Waals surface area contributed by atoms with Gasteiger partial charge in [-0.15, -0.1) is 0 Å². The zero-order valence-corrected chi connectivity index (χ0v) is 24.2. The van der Waals surface area contributed by atoms with Crippen LogP contribution in [0.1, 0.15) is 83.9 Å². The van der Waals surface area contributed by atoms with Crippen LogP contribution in [0.5, 0.6) is 0 Å². The first-order chi connectivity index (χ1) is 14.4. The van der Waals surface area contributed by atoms with Gasteiger partial charge in [-0.3, -0.25) is 0 Å². The maximum Gasteiger partial charge on any atom is -1.00 e. The first-order valence-corrected chi connectivity index (χ1v) is 15.7. The number of hydrogen-bond acceptors (Lipinski definition) is 0. The Labute approximate surface area is 215 Å². The van der Waals surface area contributed by atoms with Crippen molar-refractivity contribution in [3.8, 4) is 0 Å². The summed E-state index contributed by atoms with van der Waals surface area (Å²) in [5.74, 6) is 1.41. The van der Waals surface area contributed by atoms with Crippen molar-refractivity contribution in [2.75, 3.05) is 0 Å². The van der Waals surface area contributed by atoms with Crippen molar-refractivity contribution in [1.82, 2.24) is 0 Å². The van der Waals surface area contributed by atoms with E-state index >= 15 is 0 Å². The Morgan fingerprint density at radius 3 is 1.41 bits per heavy atom. The monoisotopic (exact) mass is 544 g/mol. The minimum Gasteiger partial charge on any atom is -1.00 e. The SMILES string of the molecule is C[C](C)=[Zr+2]([CH]1C(CC(C)C)=Cc2ccccc21)[CH]1C(CC(C)C)=Cc2ccccc21.[Cl-].[Cl-]. The molecule has 0 spiro atoms. The van der Waals surface area contributed by atoms with Crippen LogP contribution < -0.4 is 24.8 Å². The third kappa shape index (κ3) is 5.48. The van der Waals surface area contributed by atoms with E-state index in [2.05, 4.69) is 102 Å². The molecule has 0 saturated carbocycles. The summed E-state index contributed by atoms with van der Waals surface area (Å²) < 4.78 is 3.12. The third-order valence-corrected chi connectivity index (χ3v) is 15.8. The van der Waals surface area contributed by atoms with Crippen LogP contribution in [-0.4, -0.2) is 3.21 Å². The van der Waals surface area contributed by atoms with Crippen molar-refractivity contribution >= 4 is 15.4 Å². The Bertz CT molecular complexity index is 961. The van der Waals surface area contributed by atoms with Crippen LogP contribution in [-0.2, 0) is 21.3 Å². The van der Waals surface area contributed by atoms with Crippen molar-refractivity contribution in [2.45, 2.75) is 61.6 Å². The maximum absolute atomic E-state index is 2.55. The van der Waals surface area contributed by atoms with Gasteiger partial charge in [0, 0.05) is 0 Å². The van der Waals surface area contributed by atoms with Crippen LogP contribution in [0.4, 0.5) is 0 Å². The van der Waals surface area contributed by atoms with Gasteiger partial charge >= 0.3 is 192 Å². The summed E-state index contributed by atoms with van der Waals surface area (Å²) in [5, 5.41) is 0. The fourth-order valence-corrected chi connectivity index (χ4v) is 15.1.